The number of rotatable bonds is 6. The van der Waals surface area contributed by atoms with Crippen molar-refractivity contribution in [3.05, 3.63) is 60.3 Å². The molecule has 7 heteroatoms. The fraction of sp³-hybridized carbons (Fsp3) is 0.235. The van der Waals surface area contributed by atoms with E-state index in [-0.39, 0.29) is 19.1 Å². The number of imidazole rings is 1. The van der Waals surface area contributed by atoms with Crippen molar-refractivity contribution in [2.24, 2.45) is 7.05 Å². The summed E-state index contributed by atoms with van der Waals surface area (Å²) in [6.07, 6.45) is 4.89. The summed E-state index contributed by atoms with van der Waals surface area (Å²) in [4.78, 5) is 18.7. The lowest BCUT2D eigenvalue weighted by atomic mass is 10.1. The minimum absolute atomic E-state index is 0.137. The number of benzene rings is 1. The van der Waals surface area contributed by atoms with Gasteiger partial charge in [-0.3, -0.25) is 4.79 Å². The third kappa shape index (κ3) is 3.21. The number of aromatic nitrogens is 3. The SMILES string of the molecule is Cn1ccnc1CN(CCO)C(=O)c1cnoc1-c1ccccc1. The minimum Gasteiger partial charge on any atom is -0.395 e. The Hall–Kier alpha value is -2.93. The normalized spacial score (nSPS) is 10.8. The number of carbonyl (C=O) groups excluding carboxylic acids is 1. The van der Waals surface area contributed by atoms with Crippen molar-refractivity contribution >= 4 is 5.91 Å². The van der Waals surface area contributed by atoms with E-state index in [0.29, 0.717) is 17.9 Å². The summed E-state index contributed by atoms with van der Waals surface area (Å²) in [5.41, 5.74) is 1.14. The number of amides is 1. The lowest BCUT2D eigenvalue weighted by Crippen LogP contribution is -2.34. The molecule has 0 spiro atoms. The van der Waals surface area contributed by atoms with Crippen LogP contribution in [0.1, 0.15) is 16.2 Å². The highest BCUT2D eigenvalue weighted by molar-refractivity contribution is 5.99. The van der Waals surface area contributed by atoms with Crippen molar-refractivity contribution < 1.29 is 14.4 Å². The standard InChI is InChI=1S/C17H18N4O3/c1-20-8-7-18-15(20)12-21(9-10-22)17(23)14-11-19-24-16(14)13-5-3-2-4-6-13/h2-8,11,22H,9-10,12H2,1H3. The van der Waals surface area contributed by atoms with Crippen LogP contribution in [0.25, 0.3) is 11.3 Å². The fourth-order valence-corrected chi connectivity index (χ4v) is 2.45. The molecule has 1 amide bonds. The molecule has 0 fully saturated rings. The molecular formula is C17H18N4O3. The zero-order valence-electron chi connectivity index (χ0n) is 13.3. The van der Waals surface area contributed by atoms with Gasteiger partial charge in [0.2, 0.25) is 0 Å². The van der Waals surface area contributed by atoms with Crippen molar-refractivity contribution in [3.63, 3.8) is 0 Å². The van der Waals surface area contributed by atoms with Gasteiger partial charge in [-0.05, 0) is 0 Å². The molecule has 0 aliphatic carbocycles. The van der Waals surface area contributed by atoms with Crippen LogP contribution in [-0.4, -0.2) is 43.8 Å². The van der Waals surface area contributed by atoms with Crippen LogP contribution in [0.5, 0.6) is 0 Å². The van der Waals surface area contributed by atoms with Crippen LogP contribution < -0.4 is 0 Å². The zero-order valence-corrected chi connectivity index (χ0v) is 13.3. The average Bonchev–Trinajstić information content (AvgIpc) is 3.24. The first-order chi connectivity index (χ1) is 11.7. The highest BCUT2D eigenvalue weighted by Gasteiger charge is 2.24. The van der Waals surface area contributed by atoms with Gasteiger partial charge in [-0.25, -0.2) is 4.98 Å². The van der Waals surface area contributed by atoms with Crippen molar-refractivity contribution in [1.82, 2.24) is 19.6 Å². The largest absolute Gasteiger partial charge is 0.395 e. The summed E-state index contributed by atoms with van der Waals surface area (Å²) < 4.78 is 7.11. The van der Waals surface area contributed by atoms with Gasteiger partial charge in [-0.15, -0.1) is 0 Å². The first-order valence-electron chi connectivity index (χ1n) is 7.57. The molecule has 0 saturated heterocycles. The summed E-state index contributed by atoms with van der Waals surface area (Å²) in [6.45, 7) is 0.357. The number of hydrogen-bond donors (Lipinski definition) is 1. The average molecular weight is 326 g/mol. The first kappa shape index (κ1) is 15.9. The number of aliphatic hydroxyl groups is 1. The summed E-state index contributed by atoms with van der Waals surface area (Å²) in [5.74, 6) is 0.894. The Bertz CT molecular complexity index is 810. The van der Waals surface area contributed by atoms with Crippen LogP contribution in [0.4, 0.5) is 0 Å². The molecule has 0 unspecified atom stereocenters. The number of nitrogens with zero attached hydrogens (tertiary/aromatic N) is 4. The van der Waals surface area contributed by atoms with Gasteiger partial charge in [-0.1, -0.05) is 35.5 Å². The quantitative estimate of drug-likeness (QED) is 0.745. The van der Waals surface area contributed by atoms with Crippen LogP contribution in [0.2, 0.25) is 0 Å². The van der Waals surface area contributed by atoms with E-state index < -0.39 is 0 Å². The molecule has 24 heavy (non-hydrogen) atoms. The summed E-state index contributed by atoms with van der Waals surface area (Å²) >= 11 is 0. The highest BCUT2D eigenvalue weighted by Crippen LogP contribution is 2.24. The van der Waals surface area contributed by atoms with Crippen molar-refractivity contribution in [2.45, 2.75) is 6.54 Å². The summed E-state index contributed by atoms with van der Waals surface area (Å²) in [6, 6.07) is 9.33. The van der Waals surface area contributed by atoms with Gasteiger partial charge >= 0.3 is 0 Å². The van der Waals surface area contributed by atoms with Crippen molar-refractivity contribution in [2.75, 3.05) is 13.2 Å². The van der Waals surface area contributed by atoms with Crippen molar-refractivity contribution in [3.8, 4) is 11.3 Å². The molecule has 3 aromatic rings. The van der Waals surface area contributed by atoms with Crippen LogP contribution in [0.15, 0.2) is 53.4 Å². The van der Waals surface area contributed by atoms with E-state index in [1.165, 1.54) is 11.1 Å². The molecule has 3 rings (SSSR count). The van der Waals surface area contributed by atoms with E-state index in [4.69, 9.17) is 4.52 Å². The van der Waals surface area contributed by atoms with Crippen LogP contribution in [-0.2, 0) is 13.6 Å². The molecule has 0 aliphatic rings. The number of aliphatic hydroxyl groups excluding tert-OH is 1. The molecular weight excluding hydrogens is 308 g/mol. The molecule has 0 bridgehead atoms. The fourth-order valence-electron chi connectivity index (χ4n) is 2.45. The smallest absolute Gasteiger partial charge is 0.259 e. The third-order valence-corrected chi connectivity index (χ3v) is 3.75. The molecule has 1 N–H and O–H groups in total. The maximum atomic E-state index is 12.9. The lowest BCUT2D eigenvalue weighted by molar-refractivity contribution is 0.0702. The highest BCUT2D eigenvalue weighted by atomic mass is 16.5. The maximum absolute atomic E-state index is 12.9. The molecule has 0 saturated carbocycles. The monoisotopic (exact) mass is 326 g/mol. The van der Waals surface area contributed by atoms with E-state index in [2.05, 4.69) is 10.1 Å². The van der Waals surface area contributed by atoms with E-state index in [0.717, 1.165) is 11.4 Å². The Kier molecular flexibility index (Phi) is 4.72. The Balaban J connectivity index is 1.89. The number of hydrogen-bond acceptors (Lipinski definition) is 5. The maximum Gasteiger partial charge on any atom is 0.259 e. The summed E-state index contributed by atoms with van der Waals surface area (Å²) in [5, 5.41) is 13.1. The molecule has 2 aromatic heterocycles. The molecule has 1 aromatic carbocycles. The molecule has 0 atom stereocenters. The Morgan fingerprint density at radius 2 is 2.12 bits per heavy atom. The predicted molar refractivity (Wildman–Crippen MR) is 87.0 cm³/mol. The molecule has 0 aliphatic heterocycles. The van der Waals surface area contributed by atoms with Crippen LogP contribution in [0.3, 0.4) is 0 Å². The molecule has 7 nitrogen and oxygen atoms in total. The van der Waals surface area contributed by atoms with Gasteiger partial charge in [0.05, 0.1) is 19.3 Å². The van der Waals surface area contributed by atoms with Gasteiger partial charge in [0.15, 0.2) is 5.76 Å². The van der Waals surface area contributed by atoms with Gasteiger partial charge in [0, 0.05) is 31.5 Å². The van der Waals surface area contributed by atoms with Crippen molar-refractivity contribution in [1.29, 1.82) is 0 Å². The van der Waals surface area contributed by atoms with E-state index in [1.54, 1.807) is 6.20 Å². The lowest BCUT2D eigenvalue weighted by Gasteiger charge is -2.21. The van der Waals surface area contributed by atoms with E-state index in [1.807, 2.05) is 48.1 Å². The van der Waals surface area contributed by atoms with E-state index in [9.17, 15) is 9.90 Å². The van der Waals surface area contributed by atoms with E-state index >= 15 is 0 Å². The van der Waals surface area contributed by atoms with Crippen LogP contribution >= 0.6 is 0 Å². The van der Waals surface area contributed by atoms with Gasteiger partial charge in [-0.2, -0.15) is 0 Å². The third-order valence-electron chi connectivity index (χ3n) is 3.75. The Morgan fingerprint density at radius 3 is 2.79 bits per heavy atom. The topological polar surface area (TPSA) is 84.4 Å². The second kappa shape index (κ2) is 7.10. The first-order valence-corrected chi connectivity index (χ1v) is 7.57. The predicted octanol–water partition coefficient (Wildman–Crippen LogP) is 1.71. The molecule has 0 radical (unpaired) electrons. The molecule has 124 valence electrons. The molecule has 2 heterocycles. The zero-order chi connectivity index (χ0) is 16.9. The number of carbonyl (C=O) groups is 1. The van der Waals surface area contributed by atoms with Crippen LogP contribution in [0, 0.1) is 0 Å². The van der Waals surface area contributed by atoms with Gasteiger partial charge in [0.25, 0.3) is 5.91 Å². The second-order valence-electron chi connectivity index (χ2n) is 5.34. The van der Waals surface area contributed by atoms with Gasteiger partial charge in [0.1, 0.15) is 11.4 Å². The minimum atomic E-state index is -0.257. The summed E-state index contributed by atoms with van der Waals surface area (Å²) in [7, 11) is 1.86. The Morgan fingerprint density at radius 1 is 1.33 bits per heavy atom. The number of aryl methyl sites for hydroxylation is 1. The second-order valence-corrected chi connectivity index (χ2v) is 5.34. The van der Waals surface area contributed by atoms with Gasteiger partial charge < -0.3 is 19.1 Å². The Labute approximate surface area is 139 Å².